The third kappa shape index (κ3) is 3.82. The topological polar surface area (TPSA) is 61.2 Å². The molecular weight excluding hydrogens is 449 g/mol. The van der Waals surface area contributed by atoms with E-state index in [-0.39, 0.29) is 22.3 Å². The highest BCUT2D eigenvalue weighted by molar-refractivity contribution is 7.91. The van der Waals surface area contributed by atoms with Crippen molar-refractivity contribution in [1.29, 1.82) is 4.78 Å². The van der Waals surface area contributed by atoms with Crippen LogP contribution in [0.2, 0.25) is 0 Å². The highest BCUT2D eigenvalue weighted by atomic mass is 32.2. The molecule has 1 aliphatic carbocycles. The SMILES string of the molecule is C[S@@](=N)(=O)c1cc2c(cc1F)CCN2C(=O)[C@@H]1Cc2ccc(-c3cc(F)ccc3F)cc2C1. The molecule has 0 fully saturated rings. The number of rotatable bonds is 3. The second-order valence-electron chi connectivity index (χ2n) is 8.71. The molecule has 0 saturated carbocycles. The van der Waals surface area contributed by atoms with Gasteiger partial charge in [0.25, 0.3) is 0 Å². The summed E-state index contributed by atoms with van der Waals surface area (Å²) in [5.74, 6) is -2.17. The van der Waals surface area contributed by atoms with Gasteiger partial charge in [-0.1, -0.05) is 18.2 Å². The van der Waals surface area contributed by atoms with Gasteiger partial charge >= 0.3 is 0 Å². The number of carbonyl (C=O) groups is 1. The first-order valence-corrected chi connectivity index (χ1v) is 12.5. The Kier molecular flexibility index (Phi) is 5.08. The molecule has 0 bridgehead atoms. The van der Waals surface area contributed by atoms with Crippen molar-refractivity contribution >= 4 is 21.3 Å². The van der Waals surface area contributed by atoms with Gasteiger partial charge in [-0.15, -0.1) is 0 Å². The minimum Gasteiger partial charge on any atom is -0.312 e. The van der Waals surface area contributed by atoms with Crippen LogP contribution in [0.4, 0.5) is 18.9 Å². The summed E-state index contributed by atoms with van der Waals surface area (Å²) >= 11 is 0. The maximum atomic E-state index is 14.3. The van der Waals surface area contributed by atoms with E-state index in [0.717, 1.165) is 35.6 Å². The van der Waals surface area contributed by atoms with E-state index in [4.69, 9.17) is 4.78 Å². The van der Waals surface area contributed by atoms with E-state index in [1.54, 1.807) is 17.0 Å². The molecule has 1 N–H and O–H groups in total. The maximum absolute atomic E-state index is 14.3. The molecule has 0 spiro atoms. The average Bonchev–Trinajstić information content (AvgIpc) is 3.36. The maximum Gasteiger partial charge on any atom is 0.230 e. The Bertz CT molecular complexity index is 1420. The zero-order valence-corrected chi connectivity index (χ0v) is 18.6. The van der Waals surface area contributed by atoms with Crippen molar-refractivity contribution in [2.75, 3.05) is 17.7 Å². The van der Waals surface area contributed by atoms with Gasteiger partial charge < -0.3 is 4.90 Å². The van der Waals surface area contributed by atoms with Gasteiger partial charge in [-0.05, 0) is 71.8 Å². The van der Waals surface area contributed by atoms with Crippen molar-refractivity contribution in [2.24, 2.45) is 5.92 Å². The first kappa shape index (κ1) is 21.7. The molecule has 8 heteroatoms. The Balaban J connectivity index is 1.42. The van der Waals surface area contributed by atoms with Crippen LogP contribution >= 0.6 is 0 Å². The van der Waals surface area contributed by atoms with Crippen molar-refractivity contribution in [2.45, 2.75) is 24.2 Å². The van der Waals surface area contributed by atoms with Gasteiger partial charge in [0, 0.05) is 30.0 Å². The summed E-state index contributed by atoms with van der Waals surface area (Å²) in [5, 5.41) is 0. The van der Waals surface area contributed by atoms with E-state index in [2.05, 4.69) is 0 Å². The fourth-order valence-corrected chi connectivity index (χ4v) is 5.58. The van der Waals surface area contributed by atoms with Crippen molar-refractivity contribution < 1.29 is 22.2 Å². The van der Waals surface area contributed by atoms with Crippen LogP contribution in [0, 0.1) is 28.1 Å². The van der Waals surface area contributed by atoms with E-state index in [0.29, 0.717) is 42.6 Å². The molecule has 3 aromatic carbocycles. The van der Waals surface area contributed by atoms with Gasteiger partial charge in [-0.3, -0.25) is 4.79 Å². The van der Waals surface area contributed by atoms with Crippen molar-refractivity contribution in [3.8, 4) is 11.1 Å². The number of benzene rings is 3. The summed E-state index contributed by atoms with van der Waals surface area (Å²) in [6, 6.07) is 11.4. The molecule has 4 nitrogen and oxygen atoms in total. The summed E-state index contributed by atoms with van der Waals surface area (Å²) in [6.45, 7) is 0.395. The Morgan fingerprint density at radius 3 is 2.48 bits per heavy atom. The number of amides is 1. The minimum absolute atomic E-state index is 0.117. The van der Waals surface area contributed by atoms with Crippen molar-refractivity contribution in [3.05, 3.63) is 82.7 Å². The summed E-state index contributed by atoms with van der Waals surface area (Å²) in [7, 11) is -3.27. The second kappa shape index (κ2) is 7.73. The Hall–Kier alpha value is -3.13. The van der Waals surface area contributed by atoms with Gasteiger partial charge in [0.05, 0.1) is 14.6 Å². The lowest BCUT2D eigenvalue weighted by molar-refractivity contribution is -0.122. The standard InChI is InChI=1S/C25H21F3N2O2S/c1-33(29,32)24-13-23-16(11-22(24)28)6-7-30(23)25(31)18-8-14-2-3-15(9-17(14)10-18)20-12-19(26)4-5-21(20)27/h2-5,9,11-13,18,29H,6-8,10H2,1H3/t18-,33-/m1/s1. The largest absolute Gasteiger partial charge is 0.312 e. The normalized spacial score (nSPS) is 18.7. The van der Waals surface area contributed by atoms with Gasteiger partial charge in [0.1, 0.15) is 17.5 Å². The number of nitrogens with zero attached hydrogens (tertiary/aromatic N) is 1. The smallest absolute Gasteiger partial charge is 0.230 e. The van der Waals surface area contributed by atoms with E-state index in [9.17, 15) is 22.2 Å². The monoisotopic (exact) mass is 470 g/mol. The van der Waals surface area contributed by atoms with Crippen LogP contribution in [-0.2, 0) is 33.8 Å². The summed E-state index contributed by atoms with van der Waals surface area (Å²) in [4.78, 5) is 14.8. The zero-order valence-electron chi connectivity index (χ0n) is 17.8. The van der Waals surface area contributed by atoms with Crippen molar-refractivity contribution in [3.63, 3.8) is 0 Å². The lowest BCUT2D eigenvalue weighted by atomic mass is 10.00. The fraction of sp³-hybridized carbons (Fsp3) is 0.240. The van der Waals surface area contributed by atoms with Crippen LogP contribution in [0.5, 0.6) is 0 Å². The number of hydrogen-bond donors (Lipinski definition) is 1. The van der Waals surface area contributed by atoms with Crippen molar-refractivity contribution in [1.82, 2.24) is 0 Å². The number of carbonyl (C=O) groups excluding carboxylic acids is 1. The zero-order chi connectivity index (χ0) is 23.5. The highest BCUT2D eigenvalue weighted by Gasteiger charge is 2.35. The molecule has 1 amide bonds. The Morgan fingerprint density at radius 1 is 0.970 bits per heavy atom. The lowest BCUT2D eigenvalue weighted by Crippen LogP contribution is -2.35. The minimum atomic E-state index is -3.27. The molecule has 2 atom stereocenters. The summed E-state index contributed by atoms with van der Waals surface area (Å²) in [5.41, 5.74) is 3.80. The van der Waals surface area contributed by atoms with E-state index >= 15 is 0 Å². The van der Waals surface area contributed by atoms with Gasteiger partial charge in [0.15, 0.2) is 0 Å². The Labute approximate surface area is 190 Å². The lowest BCUT2D eigenvalue weighted by Gasteiger charge is -2.22. The quantitative estimate of drug-likeness (QED) is 0.578. The molecule has 5 rings (SSSR count). The molecule has 0 unspecified atom stereocenters. The summed E-state index contributed by atoms with van der Waals surface area (Å²) < 4.78 is 62.1. The predicted molar refractivity (Wildman–Crippen MR) is 120 cm³/mol. The van der Waals surface area contributed by atoms with E-state index < -0.39 is 27.2 Å². The van der Waals surface area contributed by atoms with Crippen LogP contribution in [0.3, 0.4) is 0 Å². The molecule has 33 heavy (non-hydrogen) atoms. The van der Waals surface area contributed by atoms with Gasteiger partial charge in [0.2, 0.25) is 5.91 Å². The fourth-order valence-electron chi connectivity index (χ4n) is 4.81. The molecule has 170 valence electrons. The van der Waals surface area contributed by atoms with Crippen LogP contribution < -0.4 is 4.90 Å². The molecule has 0 aromatic heterocycles. The summed E-state index contributed by atoms with van der Waals surface area (Å²) in [6.07, 6.45) is 2.63. The highest BCUT2D eigenvalue weighted by Crippen LogP contribution is 2.37. The number of anilines is 1. The first-order chi connectivity index (χ1) is 15.6. The van der Waals surface area contributed by atoms with Crippen LogP contribution in [0.1, 0.15) is 16.7 Å². The van der Waals surface area contributed by atoms with Crippen LogP contribution in [-0.4, -0.2) is 22.9 Å². The molecule has 0 saturated heterocycles. The molecular formula is C25H21F3N2O2S. The second-order valence-corrected chi connectivity index (χ2v) is 10.8. The molecule has 0 radical (unpaired) electrons. The Morgan fingerprint density at radius 2 is 1.73 bits per heavy atom. The molecule has 1 aliphatic heterocycles. The molecule has 3 aromatic rings. The molecule has 2 aliphatic rings. The average molecular weight is 471 g/mol. The van der Waals surface area contributed by atoms with E-state index in [1.165, 1.54) is 12.1 Å². The van der Waals surface area contributed by atoms with Crippen LogP contribution in [0.25, 0.3) is 11.1 Å². The third-order valence-corrected chi connectivity index (χ3v) is 7.59. The first-order valence-electron chi connectivity index (χ1n) is 10.6. The number of nitrogens with one attached hydrogen (secondary N) is 1. The van der Waals surface area contributed by atoms with Gasteiger partial charge in [-0.2, -0.15) is 0 Å². The number of fused-ring (bicyclic) bond motifs is 2. The number of hydrogen-bond acceptors (Lipinski definition) is 3. The third-order valence-electron chi connectivity index (χ3n) is 6.44. The van der Waals surface area contributed by atoms with E-state index in [1.807, 2.05) is 6.07 Å². The van der Waals surface area contributed by atoms with Crippen LogP contribution in [0.15, 0.2) is 53.4 Å². The van der Waals surface area contributed by atoms with Gasteiger partial charge in [-0.25, -0.2) is 22.2 Å². The number of halogens is 3. The molecule has 1 heterocycles. The predicted octanol–water partition coefficient (Wildman–Crippen LogP) is 5.11.